The van der Waals surface area contributed by atoms with Crippen molar-refractivity contribution in [2.24, 2.45) is 11.5 Å². The van der Waals surface area contributed by atoms with Gasteiger partial charge < -0.3 is 42.7 Å². The van der Waals surface area contributed by atoms with Gasteiger partial charge in [0.1, 0.15) is 18.1 Å². The smallest absolute Gasteiger partial charge is 0.328 e. The fraction of sp³-hybridized carbons (Fsp3) is 0.625. The van der Waals surface area contributed by atoms with Crippen molar-refractivity contribution in [1.82, 2.24) is 16.0 Å². The Hall–Kier alpha value is -2.91. The number of thiol groups is 1. The maximum Gasteiger partial charge on any atom is 0.328 e. The van der Waals surface area contributed by atoms with Crippen molar-refractivity contribution in [3.05, 3.63) is 0 Å². The van der Waals surface area contributed by atoms with Crippen molar-refractivity contribution in [1.29, 1.82) is 0 Å². The molecule has 0 rings (SSSR count). The number of amides is 4. The summed E-state index contributed by atoms with van der Waals surface area (Å²) in [5, 5.41) is 33.1. The summed E-state index contributed by atoms with van der Waals surface area (Å²) in [6, 6.07) is -5.54. The Bertz CT molecular complexity index is 690. The lowest BCUT2D eigenvalue weighted by Gasteiger charge is -2.24. The summed E-state index contributed by atoms with van der Waals surface area (Å²) in [6.07, 6.45) is -1.15. The normalized spacial score (nSPS) is 14.4. The highest BCUT2D eigenvalue weighted by molar-refractivity contribution is 7.80. The third kappa shape index (κ3) is 11.2. The molecule has 0 saturated heterocycles. The lowest BCUT2D eigenvalue weighted by Crippen LogP contribution is -2.58. The number of carbonyl (C=O) groups excluding carboxylic acids is 4. The summed E-state index contributed by atoms with van der Waals surface area (Å²) in [6.45, 7) is -0.916. The van der Waals surface area contributed by atoms with Gasteiger partial charge in [-0.25, -0.2) is 4.79 Å². The van der Waals surface area contributed by atoms with Gasteiger partial charge in [-0.1, -0.05) is 0 Å². The number of nitrogens with two attached hydrogens (primary N) is 2. The number of hydrogen-bond donors (Lipinski definition) is 9. The van der Waals surface area contributed by atoms with E-state index in [1.54, 1.807) is 0 Å². The van der Waals surface area contributed by atoms with Crippen LogP contribution in [-0.2, 0) is 28.8 Å². The van der Waals surface area contributed by atoms with E-state index in [4.69, 9.17) is 26.8 Å². The molecule has 0 heterocycles. The number of aliphatic hydroxyl groups excluding tert-OH is 1. The number of rotatable bonds is 15. The van der Waals surface area contributed by atoms with Crippen LogP contribution in [0.4, 0.5) is 0 Å². The van der Waals surface area contributed by atoms with Crippen LogP contribution in [0.2, 0.25) is 0 Å². The fourth-order valence-corrected chi connectivity index (χ4v) is 2.43. The van der Waals surface area contributed by atoms with Gasteiger partial charge in [-0.3, -0.25) is 24.0 Å². The summed E-state index contributed by atoms with van der Waals surface area (Å²) in [4.78, 5) is 69.4. The molecule has 0 aliphatic carbocycles. The molecule has 31 heavy (non-hydrogen) atoms. The molecule has 0 aliphatic heterocycles. The molecule has 0 aliphatic rings. The van der Waals surface area contributed by atoms with Gasteiger partial charge in [-0.15, -0.1) is 0 Å². The minimum Gasteiger partial charge on any atom is -0.481 e. The predicted octanol–water partition coefficient (Wildman–Crippen LogP) is -4.09. The second kappa shape index (κ2) is 14.2. The predicted molar refractivity (Wildman–Crippen MR) is 108 cm³/mol. The van der Waals surface area contributed by atoms with Crippen LogP contribution in [-0.4, -0.2) is 87.4 Å². The Labute approximate surface area is 182 Å². The molecule has 15 heteroatoms. The molecular weight excluding hydrogens is 438 g/mol. The van der Waals surface area contributed by atoms with Crippen molar-refractivity contribution in [2.45, 2.75) is 49.9 Å². The summed E-state index contributed by atoms with van der Waals surface area (Å²) in [5.74, 6) is -6.40. The Morgan fingerprint density at radius 2 is 1.32 bits per heavy atom. The maximum atomic E-state index is 12.5. The highest BCUT2D eigenvalue weighted by atomic mass is 32.1. The first-order valence-corrected chi connectivity index (χ1v) is 9.67. The van der Waals surface area contributed by atoms with Gasteiger partial charge in [-0.05, 0) is 12.8 Å². The Morgan fingerprint density at radius 1 is 0.806 bits per heavy atom. The van der Waals surface area contributed by atoms with Crippen LogP contribution in [0.1, 0.15) is 25.7 Å². The number of aliphatic hydroxyl groups is 1. The minimum absolute atomic E-state index is 0.177. The van der Waals surface area contributed by atoms with Crippen LogP contribution < -0.4 is 27.4 Å². The second-order valence-electron chi connectivity index (χ2n) is 6.43. The van der Waals surface area contributed by atoms with E-state index in [0.717, 1.165) is 0 Å². The van der Waals surface area contributed by atoms with E-state index >= 15 is 0 Å². The zero-order valence-electron chi connectivity index (χ0n) is 16.4. The molecule has 0 saturated carbocycles. The third-order valence-corrected chi connectivity index (χ3v) is 4.30. The van der Waals surface area contributed by atoms with E-state index in [1.807, 2.05) is 5.32 Å². The van der Waals surface area contributed by atoms with E-state index in [1.165, 1.54) is 0 Å². The van der Waals surface area contributed by atoms with Crippen LogP contribution in [0.25, 0.3) is 0 Å². The van der Waals surface area contributed by atoms with Crippen molar-refractivity contribution in [3.63, 3.8) is 0 Å². The van der Waals surface area contributed by atoms with E-state index in [0.29, 0.717) is 0 Å². The monoisotopic (exact) mass is 465 g/mol. The topological polar surface area (TPSA) is 251 Å². The van der Waals surface area contributed by atoms with Gasteiger partial charge >= 0.3 is 11.9 Å². The Balaban J connectivity index is 5.19. The third-order valence-electron chi connectivity index (χ3n) is 3.93. The van der Waals surface area contributed by atoms with Crippen molar-refractivity contribution in [2.75, 3.05) is 12.4 Å². The maximum absolute atomic E-state index is 12.5. The molecule has 0 bridgehead atoms. The summed E-state index contributed by atoms with van der Waals surface area (Å²) >= 11 is 3.94. The molecular formula is C16H27N5O9S. The van der Waals surface area contributed by atoms with Crippen LogP contribution in [0, 0.1) is 0 Å². The molecule has 14 nitrogen and oxygen atoms in total. The summed E-state index contributed by atoms with van der Waals surface area (Å²) < 4.78 is 0. The highest BCUT2D eigenvalue weighted by Crippen LogP contribution is 2.02. The number of primary amides is 1. The molecule has 0 spiro atoms. The second-order valence-corrected chi connectivity index (χ2v) is 6.80. The van der Waals surface area contributed by atoms with Crippen molar-refractivity contribution < 1.29 is 44.1 Å². The quantitative estimate of drug-likeness (QED) is 0.106. The minimum atomic E-state index is -1.65. The Kier molecular flexibility index (Phi) is 12.8. The molecule has 10 N–H and O–H groups in total. The number of nitrogens with one attached hydrogen (secondary N) is 3. The summed E-state index contributed by atoms with van der Waals surface area (Å²) in [5.41, 5.74) is 10.6. The number of carboxylic acids is 2. The first-order valence-electron chi connectivity index (χ1n) is 9.04. The number of hydrogen-bond acceptors (Lipinski definition) is 9. The molecule has 0 aromatic rings. The molecule has 0 aromatic carbocycles. The fourth-order valence-electron chi connectivity index (χ4n) is 2.17. The van der Waals surface area contributed by atoms with Crippen LogP contribution in [0.15, 0.2) is 0 Å². The molecule has 0 fully saturated rings. The van der Waals surface area contributed by atoms with Gasteiger partial charge in [0, 0.05) is 18.6 Å². The molecule has 0 aromatic heterocycles. The van der Waals surface area contributed by atoms with Crippen LogP contribution in [0.3, 0.4) is 0 Å². The van der Waals surface area contributed by atoms with E-state index in [-0.39, 0.29) is 31.4 Å². The first kappa shape index (κ1) is 28.1. The van der Waals surface area contributed by atoms with E-state index in [2.05, 4.69) is 23.3 Å². The lowest BCUT2D eigenvalue weighted by atomic mass is 10.1. The average molecular weight is 465 g/mol. The zero-order chi connectivity index (χ0) is 24.1. The number of aliphatic carboxylic acids is 2. The van der Waals surface area contributed by atoms with Gasteiger partial charge in [0.2, 0.25) is 23.6 Å². The largest absolute Gasteiger partial charge is 0.481 e. The van der Waals surface area contributed by atoms with Crippen molar-refractivity contribution in [3.8, 4) is 0 Å². The van der Waals surface area contributed by atoms with Gasteiger partial charge in [0.25, 0.3) is 0 Å². The molecule has 4 unspecified atom stereocenters. The standard InChI is InChI=1S/C16H27N5O9S/c17-7(1-4-12(24)25)13(26)21-10(6-31)15(28)19-8(2-3-11(18)23)14(27)20-9(5-22)16(29)30/h7-10,22,31H,1-6,17H2,(H2,18,23)(H,19,28)(H,20,27)(H,21,26)(H,24,25)(H,29,30). The van der Waals surface area contributed by atoms with Crippen LogP contribution >= 0.6 is 12.6 Å². The van der Waals surface area contributed by atoms with Crippen molar-refractivity contribution >= 4 is 48.2 Å². The molecule has 4 atom stereocenters. The van der Waals surface area contributed by atoms with Gasteiger partial charge in [0.15, 0.2) is 0 Å². The SMILES string of the molecule is NC(=O)CCC(NC(=O)C(CS)NC(=O)C(N)CCC(=O)O)C(=O)NC(CO)C(=O)O. The van der Waals surface area contributed by atoms with Crippen LogP contribution in [0.5, 0.6) is 0 Å². The first-order chi connectivity index (χ1) is 14.4. The number of carbonyl (C=O) groups is 6. The lowest BCUT2D eigenvalue weighted by molar-refractivity contribution is -0.143. The van der Waals surface area contributed by atoms with E-state index < -0.39 is 66.3 Å². The zero-order valence-corrected chi connectivity index (χ0v) is 17.3. The van der Waals surface area contributed by atoms with E-state index in [9.17, 15) is 28.8 Å². The molecule has 4 amide bonds. The molecule has 0 radical (unpaired) electrons. The highest BCUT2D eigenvalue weighted by Gasteiger charge is 2.29. The summed E-state index contributed by atoms with van der Waals surface area (Å²) in [7, 11) is 0. The molecule has 176 valence electrons. The van der Waals surface area contributed by atoms with Gasteiger partial charge in [0.05, 0.1) is 12.6 Å². The number of carboxylic acid groups (broad SMARTS) is 2. The van der Waals surface area contributed by atoms with Gasteiger partial charge in [-0.2, -0.15) is 12.6 Å². The average Bonchev–Trinajstić information content (AvgIpc) is 2.70. The Morgan fingerprint density at radius 3 is 1.77 bits per heavy atom.